The Kier molecular flexibility index (Phi) is 15.1. The third kappa shape index (κ3) is 9.33. The van der Waals surface area contributed by atoms with E-state index in [9.17, 15) is 30.0 Å². The fraction of sp³-hybridized carbons (Fsp3) is 0.946. The number of rotatable bonds is 8. The topological polar surface area (TPSA) is 192 Å². The van der Waals surface area contributed by atoms with Gasteiger partial charge in [-0.3, -0.25) is 9.59 Å². The molecule has 3 unspecified atom stereocenters. The number of hydrogen-bond acceptors (Lipinski definition) is 14. The molecule has 0 aliphatic carbocycles. The lowest BCUT2D eigenvalue weighted by atomic mass is 9.74. The highest BCUT2D eigenvalue weighted by Crippen LogP contribution is 2.41. The summed E-state index contributed by atoms with van der Waals surface area (Å²) < 4.78 is 43.7. The molecule has 3 aliphatic heterocycles. The number of ether oxygens (including phenoxy) is 7. The van der Waals surface area contributed by atoms with E-state index in [0.717, 1.165) is 0 Å². The van der Waals surface area contributed by atoms with Gasteiger partial charge in [0, 0.05) is 44.4 Å². The first kappa shape index (κ1) is 44.1. The first-order valence-electron chi connectivity index (χ1n) is 18.5. The van der Waals surface area contributed by atoms with Gasteiger partial charge in [0.2, 0.25) is 0 Å². The van der Waals surface area contributed by atoms with Gasteiger partial charge in [0.05, 0.1) is 47.6 Å². The minimum atomic E-state index is -1.96. The lowest BCUT2D eigenvalue weighted by molar-refractivity contribution is -0.317. The van der Waals surface area contributed by atoms with Gasteiger partial charge in [0.25, 0.3) is 0 Å². The number of carbonyl (C=O) groups excluding carboxylic acids is 2. The highest BCUT2D eigenvalue weighted by atomic mass is 16.7. The third-order valence-corrected chi connectivity index (χ3v) is 12.0. The molecule has 18 atom stereocenters. The van der Waals surface area contributed by atoms with E-state index in [4.69, 9.17) is 33.2 Å². The minimum Gasteiger partial charge on any atom is -0.459 e. The van der Waals surface area contributed by atoms with Crippen LogP contribution in [-0.2, 0) is 42.7 Å². The Morgan fingerprint density at radius 3 is 2.02 bits per heavy atom. The second kappa shape index (κ2) is 17.4. The van der Waals surface area contributed by atoms with Crippen LogP contribution in [0, 0.1) is 23.7 Å². The van der Waals surface area contributed by atoms with E-state index in [0.29, 0.717) is 6.42 Å². The molecule has 5 N–H and O–H groups in total. The molecule has 0 bridgehead atoms. The van der Waals surface area contributed by atoms with E-state index in [1.807, 2.05) is 13.8 Å². The Bertz CT molecular complexity index is 1160. The number of aliphatic hydroxyl groups is 4. The zero-order chi connectivity index (χ0) is 38.8. The maximum atomic E-state index is 14.1. The van der Waals surface area contributed by atoms with Gasteiger partial charge in [-0.1, -0.05) is 27.7 Å². The van der Waals surface area contributed by atoms with Crippen LogP contribution in [0.3, 0.4) is 0 Å². The molecule has 14 heteroatoms. The van der Waals surface area contributed by atoms with Gasteiger partial charge in [-0.2, -0.15) is 0 Å². The fourth-order valence-electron chi connectivity index (χ4n) is 8.38. The number of aliphatic hydroxyl groups excluding tert-OH is 3. The third-order valence-electron chi connectivity index (χ3n) is 12.0. The number of nitrogens with one attached hydrogen (secondary N) is 1. The van der Waals surface area contributed by atoms with E-state index in [-0.39, 0.29) is 37.2 Å². The summed E-state index contributed by atoms with van der Waals surface area (Å²) in [5, 5.41) is 48.4. The Morgan fingerprint density at radius 2 is 1.47 bits per heavy atom. The standard InChI is InChI=1S/C37H67NO13/c1-14-25-37(10,44)30(41)20(4)27(39)18(2)16-36(9,46-13)32(51-34-28(40)24(38-11)15-19(3)47-34)21(5)29(22(6)33(43)49-25)50-26-17-35(8,45-12)31(42)23(7)48-26/h18-26,28-32,34,38,40-42,44H,14-17H2,1-13H3/t18-,19+,20+,21-,22+,23-,24?,25+,26+,28-,29-,30-,31+,32-,34-,35?,36+,37?/m0/s1. The molecule has 3 saturated heterocycles. The van der Waals surface area contributed by atoms with Crippen LogP contribution in [-0.4, -0.2) is 138 Å². The number of hydrogen-bond donors (Lipinski definition) is 5. The molecule has 51 heavy (non-hydrogen) atoms. The Balaban J connectivity index is 2.21. The van der Waals surface area contributed by atoms with Crippen LogP contribution in [0.2, 0.25) is 0 Å². The summed E-state index contributed by atoms with van der Waals surface area (Å²) in [6, 6.07) is -0.334. The number of methoxy groups -OCH3 is 2. The average molecular weight is 734 g/mol. The van der Waals surface area contributed by atoms with Crippen molar-refractivity contribution in [2.75, 3.05) is 21.3 Å². The molecule has 3 aliphatic rings. The van der Waals surface area contributed by atoms with E-state index in [1.165, 1.54) is 21.1 Å². The summed E-state index contributed by atoms with van der Waals surface area (Å²) in [5.41, 5.74) is -4.24. The maximum absolute atomic E-state index is 14.1. The van der Waals surface area contributed by atoms with Gasteiger partial charge in [0.1, 0.15) is 29.7 Å². The van der Waals surface area contributed by atoms with Crippen molar-refractivity contribution in [2.24, 2.45) is 23.7 Å². The van der Waals surface area contributed by atoms with Crippen LogP contribution in [0.4, 0.5) is 0 Å². The number of likely N-dealkylation sites (N-methyl/N-ethyl adjacent to an activating group) is 1. The van der Waals surface area contributed by atoms with Crippen LogP contribution in [0.15, 0.2) is 0 Å². The molecule has 3 fully saturated rings. The molecule has 0 radical (unpaired) electrons. The minimum absolute atomic E-state index is 0.109. The van der Waals surface area contributed by atoms with Crippen molar-refractivity contribution in [2.45, 2.75) is 179 Å². The zero-order valence-electron chi connectivity index (χ0n) is 33.0. The van der Waals surface area contributed by atoms with E-state index in [1.54, 1.807) is 55.5 Å². The SMILES string of the molecule is CC[C@H]1OC(=O)[C@H](C)[C@@H](O[C@@H]2CC(C)(OC)[C@H](O)[C@H](C)O2)[C@H](C)[C@H](O[C@@H]2O[C@H](C)CC(NC)[C@@H]2O)[C@](C)(OC)C[C@H](C)C(=O)[C@@H](C)[C@H](O)C1(C)O. The van der Waals surface area contributed by atoms with Gasteiger partial charge in [0.15, 0.2) is 12.6 Å². The molecule has 0 aromatic heterocycles. The summed E-state index contributed by atoms with van der Waals surface area (Å²) in [5.74, 6) is -4.47. The molecule has 3 rings (SSSR count). The van der Waals surface area contributed by atoms with Gasteiger partial charge < -0.3 is 58.9 Å². The van der Waals surface area contributed by atoms with Crippen molar-refractivity contribution < 1.29 is 63.2 Å². The van der Waals surface area contributed by atoms with Crippen LogP contribution in [0.25, 0.3) is 0 Å². The lowest BCUT2D eigenvalue weighted by Crippen LogP contribution is -2.61. The number of cyclic esters (lactones) is 1. The van der Waals surface area contributed by atoms with Crippen LogP contribution in [0.5, 0.6) is 0 Å². The quantitative estimate of drug-likeness (QED) is 0.228. The zero-order valence-corrected chi connectivity index (χ0v) is 33.0. The normalized spacial score (nSPS) is 49.6. The molecular formula is C37H67NO13. The summed E-state index contributed by atoms with van der Waals surface area (Å²) in [7, 11) is 4.75. The van der Waals surface area contributed by atoms with E-state index >= 15 is 0 Å². The fourth-order valence-corrected chi connectivity index (χ4v) is 8.38. The molecule has 0 aromatic carbocycles. The molecule has 14 nitrogen and oxygen atoms in total. The lowest BCUT2D eigenvalue weighted by Gasteiger charge is -2.49. The number of esters is 1. The predicted molar refractivity (Wildman–Crippen MR) is 186 cm³/mol. The number of Topliss-reactive ketones (excluding diaryl/α,β-unsaturated/α-hetero) is 1. The van der Waals surface area contributed by atoms with Gasteiger partial charge >= 0.3 is 5.97 Å². The maximum Gasteiger partial charge on any atom is 0.311 e. The molecule has 0 amide bonds. The summed E-state index contributed by atoms with van der Waals surface area (Å²) in [6.07, 6.45) is -8.78. The summed E-state index contributed by atoms with van der Waals surface area (Å²) in [6.45, 7) is 17.0. The van der Waals surface area contributed by atoms with E-state index < -0.39 is 102 Å². The van der Waals surface area contributed by atoms with Crippen molar-refractivity contribution in [3.63, 3.8) is 0 Å². The van der Waals surface area contributed by atoms with Gasteiger partial charge in [-0.25, -0.2) is 0 Å². The van der Waals surface area contributed by atoms with E-state index in [2.05, 4.69) is 5.32 Å². The first-order valence-corrected chi connectivity index (χ1v) is 18.5. The largest absolute Gasteiger partial charge is 0.459 e. The first-order chi connectivity index (χ1) is 23.6. The molecule has 3 heterocycles. The van der Waals surface area contributed by atoms with Crippen LogP contribution < -0.4 is 5.32 Å². The summed E-state index contributed by atoms with van der Waals surface area (Å²) >= 11 is 0. The Labute approximate surface area is 304 Å². The van der Waals surface area contributed by atoms with Gasteiger partial charge in [-0.15, -0.1) is 0 Å². The second-order valence-corrected chi connectivity index (χ2v) is 16.0. The molecule has 298 valence electrons. The molecule has 0 aromatic rings. The van der Waals surface area contributed by atoms with Crippen molar-refractivity contribution in [3.8, 4) is 0 Å². The van der Waals surface area contributed by atoms with Crippen molar-refractivity contribution >= 4 is 11.8 Å². The molecular weight excluding hydrogens is 666 g/mol. The second-order valence-electron chi connectivity index (χ2n) is 16.0. The predicted octanol–water partition coefficient (Wildman–Crippen LogP) is 2.10. The average Bonchev–Trinajstić information content (AvgIpc) is 3.09. The number of carbonyl (C=O) groups is 2. The van der Waals surface area contributed by atoms with Crippen molar-refractivity contribution in [1.29, 1.82) is 0 Å². The number of ketones is 1. The van der Waals surface area contributed by atoms with Crippen molar-refractivity contribution in [3.05, 3.63) is 0 Å². The monoisotopic (exact) mass is 733 g/mol. The smallest absolute Gasteiger partial charge is 0.311 e. The highest BCUT2D eigenvalue weighted by molar-refractivity contribution is 5.83. The molecule has 0 spiro atoms. The molecule has 0 saturated carbocycles. The van der Waals surface area contributed by atoms with Crippen LogP contribution >= 0.6 is 0 Å². The highest BCUT2D eigenvalue weighted by Gasteiger charge is 2.54. The Morgan fingerprint density at radius 1 is 0.863 bits per heavy atom. The van der Waals surface area contributed by atoms with Crippen molar-refractivity contribution in [1.82, 2.24) is 5.32 Å². The van der Waals surface area contributed by atoms with Crippen LogP contribution in [0.1, 0.15) is 94.9 Å². The Hall–Kier alpha value is -1.30. The van der Waals surface area contributed by atoms with Gasteiger partial charge in [-0.05, 0) is 67.9 Å². The summed E-state index contributed by atoms with van der Waals surface area (Å²) in [4.78, 5) is 28.1.